The number of carboxylic acids is 1. The Hall–Kier alpha value is -3.39. The Morgan fingerprint density at radius 2 is 1.63 bits per heavy atom. The van der Waals surface area contributed by atoms with E-state index < -0.39 is 18.1 Å². The summed E-state index contributed by atoms with van der Waals surface area (Å²) in [4.78, 5) is 38.3. The molecule has 1 aliphatic carbocycles. The van der Waals surface area contributed by atoms with Crippen molar-refractivity contribution in [1.29, 1.82) is 0 Å². The number of alkyl carbamates (subject to hydrolysis) is 1. The molecule has 8 nitrogen and oxygen atoms in total. The highest BCUT2D eigenvalue weighted by Gasteiger charge is 2.32. The maximum absolute atomic E-state index is 13.1. The van der Waals surface area contributed by atoms with Crippen molar-refractivity contribution < 1.29 is 29.0 Å². The molecule has 1 saturated heterocycles. The molecule has 35 heavy (non-hydrogen) atoms. The highest BCUT2D eigenvalue weighted by molar-refractivity contribution is 5.86. The van der Waals surface area contributed by atoms with Crippen molar-refractivity contribution in [2.45, 2.75) is 37.6 Å². The van der Waals surface area contributed by atoms with Gasteiger partial charge >= 0.3 is 12.1 Å². The molecule has 0 bridgehead atoms. The molecule has 2 aromatic carbocycles. The molecular weight excluding hydrogens is 448 g/mol. The zero-order valence-corrected chi connectivity index (χ0v) is 19.9. The number of carboxylic acid groups (broad SMARTS) is 1. The average Bonchev–Trinajstić information content (AvgIpc) is 3.19. The topological polar surface area (TPSA) is 105 Å². The van der Waals surface area contributed by atoms with Gasteiger partial charge in [0.2, 0.25) is 5.91 Å². The van der Waals surface area contributed by atoms with Gasteiger partial charge < -0.3 is 24.8 Å². The lowest BCUT2D eigenvalue weighted by molar-refractivity contribution is -0.138. The third-order valence-electron chi connectivity index (χ3n) is 6.96. The van der Waals surface area contributed by atoms with Crippen LogP contribution in [0.2, 0.25) is 0 Å². The van der Waals surface area contributed by atoms with Crippen LogP contribution in [0.5, 0.6) is 0 Å². The first-order valence-corrected chi connectivity index (χ1v) is 12.1. The van der Waals surface area contributed by atoms with E-state index in [0.29, 0.717) is 25.4 Å². The van der Waals surface area contributed by atoms with Crippen molar-refractivity contribution in [2.24, 2.45) is 5.92 Å². The van der Waals surface area contributed by atoms with Gasteiger partial charge in [0.15, 0.2) is 0 Å². The SMILES string of the molecule is COC[C@H](NC(=O)OCC1c2ccccc2-c2ccccc21)C(=O)N1CCC(CCC(=O)O)CC1. The predicted molar refractivity (Wildman–Crippen MR) is 130 cm³/mol. The molecular formula is C27H32N2O6. The zero-order valence-electron chi connectivity index (χ0n) is 19.9. The molecule has 4 rings (SSSR count). The van der Waals surface area contributed by atoms with E-state index in [1.54, 1.807) is 4.90 Å². The van der Waals surface area contributed by atoms with E-state index in [4.69, 9.17) is 14.6 Å². The van der Waals surface area contributed by atoms with Gasteiger partial charge in [-0.25, -0.2) is 4.79 Å². The van der Waals surface area contributed by atoms with Gasteiger partial charge in [0, 0.05) is 32.5 Å². The molecule has 2 aromatic rings. The van der Waals surface area contributed by atoms with Gasteiger partial charge in [-0.1, -0.05) is 48.5 Å². The van der Waals surface area contributed by atoms with Gasteiger partial charge in [-0.3, -0.25) is 9.59 Å². The summed E-state index contributed by atoms with van der Waals surface area (Å²) in [5.41, 5.74) is 4.54. The summed E-state index contributed by atoms with van der Waals surface area (Å²) in [5, 5.41) is 11.6. The minimum Gasteiger partial charge on any atom is -0.481 e. The fourth-order valence-electron chi connectivity index (χ4n) is 5.11. The lowest BCUT2D eigenvalue weighted by Gasteiger charge is -2.34. The number of methoxy groups -OCH3 is 1. The minimum atomic E-state index is -0.841. The van der Waals surface area contributed by atoms with Crippen LogP contribution < -0.4 is 5.32 Å². The third-order valence-corrected chi connectivity index (χ3v) is 6.96. The molecule has 0 unspecified atom stereocenters. The molecule has 0 saturated carbocycles. The second-order valence-electron chi connectivity index (χ2n) is 9.18. The lowest BCUT2D eigenvalue weighted by atomic mass is 9.92. The van der Waals surface area contributed by atoms with Gasteiger partial charge in [-0.2, -0.15) is 0 Å². The summed E-state index contributed by atoms with van der Waals surface area (Å²) in [6.45, 7) is 1.29. The number of hydrogen-bond acceptors (Lipinski definition) is 5. The largest absolute Gasteiger partial charge is 0.481 e. The van der Waals surface area contributed by atoms with Gasteiger partial charge in [0.25, 0.3) is 0 Å². The number of likely N-dealkylation sites (tertiary alicyclic amines) is 1. The molecule has 1 aliphatic heterocycles. The van der Waals surface area contributed by atoms with Gasteiger partial charge in [0.05, 0.1) is 6.61 Å². The Kier molecular flexibility index (Phi) is 8.02. The molecule has 2 aliphatic rings. The van der Waals surface area contributed by atoms with Gasteiger partial charge in [-0.15, -0.1) is 0 Å². The fourth-order valence-corrected chi connectivity index (χ4v) is 5.11. The van der Waals surface area contributed by atoms with E-state index in [2.05, 4.69) is 29.6 Å². The molecule has 0 aromatic heterocycles. The Balaban J connectivity index is 1.33. The summed E-state index contributed by atoms with van der Waals surface area (Å²) < 4.78 is 10.8. The van der Waals surface area contributed by atoms with Gasteiger partial charge in [0.1, 0.15) is 12.6 Å². The van der Waals surface area contributed by atoms with Crippen molar-refractivity contribution in [3.8, 4) is 11.1 Å². The fraction of sp³-hybridized carbons (Fsp3) is 0.444. The van der Waals surface area contributed by atoms with E-state index in [-0.39, 0.29) is 31.5 Å². The van der Waals surface area contributed by atoms with Crippen LogP contribution in [0, 0.1) is 5.92 Å². The van der Waals surface area contributed by atoms with Crippen molar-refractivity contribution in [1.82, 2.24) is 10.2 Å². The maximum atomic E-state index is 13.1. The molecule has 0 radical (unpaired) electrons. The number of rotatable bonds is 9. The second-order valence-corrected chi connectivity index (χ2v) is 9.18. The number of benzene rings is 2. The number of fused-ring (bicyclic) bond motifs is 3. The van der Waals surface area contributed by atoms with Crippen LogP contribution >= 0.6 is 0 Å². The number of piperidine rings is 1. The van der Waals surface area contributed by atoms with E-state index >= 15 is 0 Å². The zero-order chi connectivity index (χ0) is 24.8. The van der Waals surface area contributed by atoms with E-state index in [1.807, 2.05) is 24.3 Å². The van der Waals surface area contributed by atoms with Crippen LogP contribution in [-0.4, -0.2) is 67.4 Å². The summed E-state index contributed by atoms with van der Waals surface area (Å²) in [5.74, 6) is -0.770. The highest BCUT2D eigenvalue weighted by atomic mass is 16.5. The van der Waals surface area contributed by atoms with Crippen molar-refractivity contribution in [2.75, 3.05) is 33.4 Å². The summed E-state index contributed by atoms with van der Waals surface area (Å²) in [7, 11) is 1.48. The standard InChI is InChI=1S/C27H32N2O6/c1-34-17-24(26(32)29-14-12-18(13-15-29)10-11-25(30)31)28-27(33)35-16-23-21-8-4-2-6-19(21)20-7-3-5-9-22(20)23/h2-9,18,23-24H,10-17H2,1H3,(H,28,33)(H,30,31)/t24-/m0/s1. The van der Waals surface area contributed by atoms with Crippen molar-refractivity contribution >= 4 is 18.0 Å². The van der Waals surface area contributed by atoms with Crippen LogP contribution in [0.25, 0.3) is 11.1 Å². The summed E-state index contributed by atoms with van der Waals surface area (Å²) in [6.07, 6.45) is 1.62. The Bertz CT molecular complexity index is 1020. The molecule has 0 spiro atoms. The number of aliphatic carboxylic acids is 1. The first-order chi connectivity index (χ1) is 17.0. The molecule has 1 heterocycles. The van der Waals surface area contributed by atoms with Gasteiger partial charge in [-0.05, 0) is 47.4 Å². The monoisotopic (exact) mass is 480 g/mol. The lowest BCUT2D eigenvalue weighted by Crippen LogP contribution is -2.52. The molecule has 2 amide bonds. The third kappa shape index (κ3) is 5.82. The van der Waals surface area contributed by atoms with E-state index in [9.17, 15) is 14.4 Å². The Morgan fingerprint density at radius 1 is 1.03 bits per heavy atom. The second kappa shape index (κ2) is 11.4. The molecule has 186 valence electrons. The van der Waals surface area contributed by atoms with Crippen LogP contribution in [0.3, 0.4) is 0 Å². The first-order valence-electron chi connectivity index (χ1n) is 12.1. The predicted octanol–water partition coefficient (Wildman–Crippen LogP) is 3.64. The van der Waals surface area contributed by atoms with Crippen molar-refractivity contribution in [3.63, 3.8) is 0 Å². The van der Waals surface area contributed by atoms with Crippen LogP contribution in [-0.2, 0) is 19.1 Å². The Labute approximate surface area is 205 Å². The first kappa shape index (κ1) is 24.7. The number of amides is 2. The minimum absolute atomic E-state index is 0.0436. The number of ether oxygens (including phenoxy) is 2. The van der Waals surface area contributed by atoms with Crippen LogP contribution in [0.1, 0.15) is 42.7 Å². The molecule has 2 N–H and O–H groups in total. The highest BCUT2D eigenvalue weighted by Crippen LogP contribution is 2.44. The number of nitrogens with zero attached hydrogens (tertiary/aromatic N) is 1. The quantitative estimate of drug-likeness (QED) is 0.568. The van der Waals surface area contributed by atoms with Crippen molar-refractivity contribution in [3.05, 3.63) is 59.7 Å². The van der Waals surface area contributed by atoms with Crippen LogP contribution in [0.4, 0.5) is 4.79 Å². The molecule has 8 heteroatoms. The van der Waals surface area contributed by atoms with E-state index in [1.165, 1.54) is 7.11 Å². The number of carbonyl (C=O) groups excluding carboxylic acids is 2. The average molecular weight is 481 g/mol. The normalized spacial score (nSPS) is 16.3. The Morgan fingerprint density at radius 3 is 2.20 bits per heavy atom. The number of carbonyl (C=O) groups is 3. The number of nitrogens with one attached hydrogen (secondary N) is 1. The summed E-state index contributed by atoms with van der Waals surface area (Å²) in [6, 6.07) is 15.4. The smallest absolute Gasteiger partial charge is 0.407 e. The van der Waals surface area contributed by atoms with E-state index in [0.717, 1.165) is 35.1 Å². The molecule has 1 fully saturated rings. The summed E-state index contributed by atoms with van der Waals surface area (Å²) >= 11 is 0. The van der Waals surface area contributed by atoms with Crippen LogP contribution in [0.15, 0.2) is 48.5 Å². The molecule has 1 atom stereocenters. The maximum Gasteiger partial charge on any atom is 0.407 e. The number of hydrogen-bond donors (Lipinski definition) is 2.